The van der Waals surface area contributed by atoms with Gasteiger partial charge in [-0.05, 0) is 63.3 Å². The van der Waals surface area contributed by atoms with Crippen LogP contribution in [0, 0.1) is 13.8 Å². The molecule has 1 aliphatic heterocycles. The van der Waals surface area contributed by atoms with Crippen LogP contribution in [0.15, 0.2) is 47.5 Å². The Morgan fingerprint density at radius 3 is 2.61 bits per heavy atom. The number of guanidine groups is 1. The fourth-order valence-corrected chi connectivity index (χ4v) is 3.81. The van der Waals surface area contributed by atoms with Crippen LogP contribution in [0.2, 0.25) is 0 Å². The highest BCUT2D eigenvalue weighted by Gasteiger charge is 2.23. The molecule has 6 nitrogen and oxygen atoms in total. The minimum Gasteiger partial charge on any atom is -0.368 e. The molecule has 1 saturated heterocycles. The summed E-state index contributed by atoms with van der Waals surface area (Å²) < 4.78 is 5.46. The predicted octanol–water partition coefficient (Wildman–Crippen LogP) is 3.72. The van der Waals surface area contributed by atoms with Crippen LogP contribution in [-0.4, -0.2) is 37.7 Å². The van der Waals surface area contributed by atoms with Crippen molar-refractivity contribution in [3.8, 4) is 0 Å². The van der Waals surface area contributed by atoms with Gasteiger partial charge in [0.05, 0.1) is 6.54 Å². The smallest absolute Gasteiger partial charge is 0.253 e. The third-order valence-electron chi connectivity index (χ3n) is 5.17. The summed E-state index contributed by atoms with van der Waals surface area (Å²) in [6.45, 7) is 9.13. The topological polar surface area (TPSA) is 74.8 Å². The Morgan fingerprint density at radius 1 is 1.10 bits per heavy atom. The second-order valence-electron chi connectivity index (χ2n) is 8.06. The van der Waals surface area contributed by atoms with Crippen LogP contribution in [-0.2, 0) is 22.5 Å². The molecule has 0 aromatic heterocycles. The van der Waals surface area contributed by atoms with Gasteiger partial charge in [-0.1, -0.05) is 41.5 Å². The number of aryl methyl sites for hydroxylation is 2. The molecule has 1 amide bonds. The van der Waals surface area contributed by atoms with E-state index < -0.39 is 0 Å². The lowest BCUT2D eigenvalue weighted by molar-refractivity contribution is -0.124. The van der Waals surface area contributed by atoms with Crippen molar-refractivity contribution in [1.82, 2.24) is 10.6 Å². The average molecular weight is 423 g/mol. The summed E-state index contributed by atoms with van der Waals surface area (Å²) in [5, 5.41) is 9.67. The molecule has 166 valence electrons. The highest BCUT2D eigenvalue weighted by atomic mass is 16.5. The van der Waals surface area contributed by atoms with Crippen molar-refractivity contribution in [2.75, 3.05) is 25.0 Å². The molecule has 0 radical (unpaired) electrons. The molecule has 1 fully saturated rings. The highest BCUT2D eigenvalue weighted by molar-refractivity contribution is 5.94. The van der Waals surface area contributed by atoms with Gasteiger partial charge in [-0.25, -0.2) is 4.99 Å². The van der Waals surface area contributed by atoms with E-state index in [0.29, 0.717) is 13.2 Å². The molecule has 1 atom stereocenters. The van der Waals surface area contributed by atoms with Gasteiger partial charge in [-0.3, -0.25) is 4.79 Å². The van der Waals surface area contributed by atoms with Gasteiger partial charge in [-0.2, -0.15) is 0 Å². The van der Waals surface area contributed by atoms with Crippen molar-refractivity contribution in [3.05, 3.63) is 64.7 Å². The van der Waals surface area contributed by atoms with Crippen molar-refractivity contribution >= 4 is 17.6 Å². The zero-order chi connectivity index (χ0) is 22.1. The Hall–Kier alpha value is -2.86. The predicted molar refractivity (Wildman–Crippen MR) is 126 cm³/mol. The second kappa shape index (κ2) is 11.5. The molecule has 0 bridgehead atoms. The van der Waals surface area contributed by atoms with Crippen molar-refractivity contribution in [3.63, 3.8) is 0 Å². The number of nitrogens with zero attached hydrogens (tertiary/aromatic N) is 1. The van der Waals surface area contributed by atoms with E-state index in [1.54, 1.807) is 0 Å². The van der Waals surface area contributed by atoms with E-state index >= 15 is 0 Å². The van der Waals surface area contributed by atoms with Gasteiger partial charge in [0, 0.05) is 25.4 Å². The lowest BCUT2D eigenvalue weighted by atomic mass is 10.1. The van der Waals surface area contributed by atoms with Crippen molar-refractivity contribution in [1.29, 1.82) is 0 Å². The third kappa shape index (κ3) is 7.40. The molecular formula is C25H34N4O2. The summed E-state index contributed by atoms with van der Waals surface area (Å²) in [5.74, 6) is 0.722. The first-order chi connectivity index (χ1) is 15.0. The molecule has 0 aliphatic carbocycles. The standard InChI is InChI=1S/C25H34N4O2/c1-4-26-25(27-11-10-20-14-18(2)13-19(3)15-20)28-17-21-7-5-8-22(16-21)29-24(30)23-9-6-12-31-23/h5,7-8,13-16,23H,4,6,9-12,17H2,1-3H3,(H,29,30)(H2,26,27,28). The van der Waals surface area contributed by atoms with E-state index in [0.717, 1.165) is 49.6 Å². The molecular weight excluding hydrogens is 388 g/mol. The van der Waals surface area contributed by atoms with Crippen LogP contribution >= 0.6 is 0 Å². The van der Waals surface area contributed by atoms with Crippen LogP contribution in [0.3, 0.4) is 0 Å². The fourth-order valence-electron chi connectivity index (χ4n) is 3.81. The average Bonchev–Trinajstić information content (AvgIpc) is 3.27. The number of aliphatic imine (C=N–C) groups is 1. The van der Waals surface area contributed by atoms with E-state index in [-0.39, 0.29) is 12.0 Å². The van der Waals surface area contributed by atoms with E-state index in [4.69, 9.17) is 9.73 Å². The lowest BCUT2D eigenvalue weighted by Crippen LogP contribution is -2.38. The van der Waals surface area contributed by atoms with Gasteiger partial charge < -0.3 is 20.7 Å². The quantitative estimate of drug-likeness (QED) is 0.448. The maximum absolute atomic E-state index is 12.3. The number of carbonyl (C=O) groups is 1. The summed E-state index contributed by atoms with van der Waals surface area (Å²) in [6.07, 6.45) is 2.34. The number of ether oxygens (including phenoxy) is 1. The third-order valence-corrected chi connectivity index (χ3v) is 5.17. The molecule has 0 saturated carbocycles. The molecule has 2 aromatic carbocycles. The first kappa shape index (κ1) is 22.8. The van der Waals surface area contributed by atoms with Crippen LogP contribution in [0.1, 0.15) is 42.0 Å². The van der Waals surface area contributed by atoms with Crippen LogP contribution in [0.5, 0.6) is 0 Å². The van der Waals surface area contributed by atoms with Crippen molar-refractivity contribution in [2.45, 2.75) is 52.7 Å². The van der Waals surface area contributed by atoms with E-state index in [9.17, 15) is 4.79 Å². The first-order valence-corrected chi connectivity index (χ1v) is 11.1. The second-order valence-corrected chi connectivity index (χ2v) is 8.06. The summed E-state index contributed by atoms with van der Waals surface area (Å²) in [6, 6.07) is 14.5. The number of hydrogen-bond acceptors (Lipinski definition) is 3. The zero-order valence-electron chi connectivity index (χ0n) is 18.8. The molecule has 6 heteroatoms. The molecule has 1 unspecified atom stereocenters. The Labute approximate surface area is 185 Å². The van der Waals surface area contributed by atoms with Gasteiger partial charge in [-0.15, -0.1) is 0 Å². The maximum Gasteiger partial charge on any atom is 0.253 e. The Bertz CT molecular complexity index is 884. The van der Waals surface area contributed by atoms with Gasteiger partial charge in [0.1, 0.15) is 6.10 Å². The minimum atomic E-state index is -0.330. The van der Waals surface area contributed by atoms with Gasteiger partial charge in [0.15, 0.2) is 5.96 Å². The van der Waals surface area contributed by atoms with E-state index in [1.807, 2.05) is 24.3 Å². The van der Waals surface area contributed by atoms with E-state index in [1.165, 1.54) is 16.7 Å². The molecule has 3 N–H and O–H groups in total. The van der Waals surface area contributed by atoms with Crippen LogP contribution in [0.4, 0.5) is 5.69 Å². The highest BCUT2D eigenvalue weighted by Crippen LogP contribution is 2.16. The van der Waals surface area contributed by atoms with Crippen LogP contribution in [0.25, 0.3) is 0 Å². The molecule has 31 heavy (non-hydrogen) atoms. The zero-order valence-corrected chi connectivity index (χ0v) is 18.8. The maximum atomic E-state index is 12.3. The number of benzene rings is 2. The number of nitrogens with one attached hydrogen (secondary N) is 3. The van der Waals surface area contributed by atoms with Gasteiger partial charge in [0.2, 0.25) is 0 Å². The van der Waals surface area contributed by atoms with Crippen LogP contribution < -0.4 is 16.0 Å². The van der Waals surface area contributed by atoms with Gasteiger partial charge in [0.25, 0.3) is 5.91 Å². The fraction of sp³-hybridized carbons (Fsp3) is 0.440. The van der Waals surface area contributed by atoms with Crippen molar-refractivity contribution < 1.29 is 9.53 Å². The molecule has 1 aliphatic rings. The van der Waals surface area contributed by atoms with Gasteiger partial charge >= 0.3 is 0 Å². The lowest BCUT2D eigenvalue weighted by Gasteiger charge is -2.13. The van der Waals surface area contributed by atoms with Crippen molar-refractivity contribution in [2.24, 2.45) is 4.99 Å². The SMILES string of the molecule is CCNC(=NCc1cccc(NC(=O)C2CCCO2)c1)NCCc1cc(C)cc(C)c1. The minimum absolute atomic E-state index is 0.0699. The largest absolute Gasteiger partial charge is 0.368 e. The van der Waals surface area contributed by atoms with E-state index in [2.05, 4.69) is 54.9 Å². The summed E-state index contributed by atoms with van der Waals surface area (Å²) >= 11 is 0. The summed E-state index contributed by atoms with van der Waals surface area (Å²) in [7, 11) is 0. The number of anilines is 1. The Kier molecular flexibility index (Phi) is 8.47. The number of carbonyl (C=O) groups excluding carboxylic acids is 1. The number of rotatable bonds is 8. The Morgan fingerprint density at radius 2 is 1.90 bits per heavy atom. The summed E-state index contributed by atoms with van der Waals surface area (Å²) in [4.78, 5) is 17.0. The normalized spacial score (nSPS) is 16.2. The molecule has 2 aromatic rings. The molecule has 3 rings (SSSR count). The number of amides is 1. The Balaban J connectivity index is 1.54. The number of hydrogen-bond donors (Lipinski definition) is 3. The molecule has 1 heterocycles. The molecule has 0 spiro atoms. The first-order valence-electron chi connectivity index (χ1n) is 11.1. The summed E-state index contributed by atoms with van der Waals surface area (Å²) in [5.41, 5.74) is 5.73. The monoisotopic (exact) mass is 422 g/mol.